The summed E-state index contributed by atoms with van der Waals surface area (Å²) < 4.78 is 0. The molecule has 0 spiro atoms. The number of aryl methyl sites for hydroxylation is 1. The minimum atomic E-state index is -0.660. The van der Waals surface area contributed by atoms with Gasteiger partial charge in [0.15, 0.2) is 0 Å². The molecular weight excluding hydrogens is 334 g/mol. The minimum absolute atomic E-state index is 0.228. The molecule has 0 heterocycles. The van der Waals surface area contributed by atoms with Crippen molar-refractivity contribution in [2.75, 3.05) is 5.32 Å². The molecule has 7 heteroatoms. The van der Waals surface area contributed by atoms with Crippen LogP contribution < -0.4 is 5.32 Å². The number of rotatable bonds is 4. The van der Waals surface area contributed by atoms with E-state index in [1.54, 1.807) is 0 Å². The third-order valence-electron chi connectivity index (χ3n) is 3.44. The number of nitro groups is 2. The molecule has 0 aliphatic rings. The molecule has 0 aromatic heterocycles. The van der Waals surface area contributed by atoms with Gasteiger partial charge in [0.1, 0.15) is 0 Å². The van der Waals surface area contributed by atoms with Gasteiger partial charge in [0.25, 0.3) is 11.4 Å². The number of non-ortho nitro benzene ring substituents is 1. The van der Waals surface area contributed by atoms with Crippen molar-refractivity contribution in [2.24, 2.45) is 0 Å². The van der Waals surface area contributed by atoms with Gasteiger partial charge in [-0.05, 0) is 37.3 Å². The molecule has 26 heavy (non-hydrogen) atoms. The van der Waals surface area contributed by atoms with Crippen LogP contribution in [0.2, 0.25) is 0 Å². The van der Waals surface area contributed by atoms with E-state index in [1.807, 2.05) is 60.7 Å². The predicted octanol–water partition coefficient (Wildman–Crippen LogP) is 5.24. The Morgan fingerprint density at radius 3 is 1.65 bits per heavy atom. The van der Waals surface area contributed by atoms with Crippen molar-refractivity contribution in [3.63, 3.8) is 0 Å². The first kappa shape index (κ1) is 18.6. The summed E-state index contributed by atoms with van der Waals surface area (Å²) in [6.45, 7) is 1.53. The second kappa shape index (κ2) is 8.93. The summed E-state index contributed by atoms with van der Waals surface area (Å²) in [4.78, 5) is 19.4. The van der Waals surface area contributed by atoms with Gasteiger partial charge in [-0.1, -0.05) is 36.4 Å². The summed E-state index contributed by atoms with van der Waals surface area (Å²) in [7, 11) is 0. The highest BCUT2D eigenvalue weighted by Gasteiger charge is 2.15. The monoisotopic (exact) mass is 351 g/mol. The molecule has 3 aromatic rings. The normalized spacial score (nSPS) is 9.58. The first-order chi connectivity index (χ1) is 12.5. The van der Waals surface area contributed by atoms with Crippen molar-refractivity contribution < 1.29 is 9.85 Å². The topological polar surface area (TPSA) is 98.3 Å². The van der Waals surface area contributed by atoms with Gasteiger partial charge in [0.05, 0.1) is 15.9 Å². The van der Waals surface area contributed by atoms with E-state index in [0.29, 0.717) is 5.56 Å². The largest absolute Gasteiger partial charge is 0.356 e. The van der Waals surface area contributed by atoms with Crippen LogP contribution in [0.3, 0.4) is 0 Å². The van der Waals surface area contributed by atoms with Crippen LogP contribution in [0.4, 0.5) is 22.7 Å². The zero-order chi connectivity index (χ0) is 18.9. The maximum Gasteiger partial charge on any atom is 0.279 e. The van der Waals surface area contributed by atoms with Gasteiger partial charge in [-0.2, -0.15) is 0 Å². The molecule has 132 valence electrons. The number of hydrogen-bond acceptors (Lipinski definition) is 5. The molecule has 0 saturated heterocycles. The molecule has 0 amide bonds. The van der Waals surface area contributed by atoms with E-state index in [2.05, 4.69) is 5.32 Å². The van der Waals surface area contributed by atoms with E-state index in [0.717, 1.165) is 17.4 Å². The highest BCUT2D eigenvalue weighted by atomic mass is 16.6. The maximum absolute atomic E-state index is 10.4. The van der Waals surface area contributed by atoms with E-state index < -0.39 is 9.85 Å². The third-order valence-corrected chi connectivity index (χ3v) is 3.44. The summed E-state index contributed by atoms with van der Waals surface area (Å²) in [5.74, 6) is 0. The Bertz CT molecular complexity index is 846. The molecule has 7 nitrogen and oxygen atoms in total. The Morgan fingerprint density at radius 2 is 1.23 bits per heavy atom. The van der Waals surface area contributed by atoms with Crippen molar-refractivity contribution in [1.29, 1.82) is 0 Å². The van der Waals surface area contributed by atoms with E-state index in [9.17, 15) is 20.2 Å². The first-order valence-corrected chi connectivity index (χ1v) is 7.74. The molecule has 0 fully saturated rings. The van der Waals surface area contributed by atoms with Crippen LogP contribution in [0.25, 0.3) is 0 Å². The van der Waals surface area contributed by atoms with E-state index in [1.165, 1.54) is 19.1 Å². The molecular formula is C19H17N3O4. The lowest BCUT2D eigenvalue weighted by molar-refractivity contribution is -0.394. The molecule has 0 aliphatic carbocycles. The van der Waals surface area contributed by atoms with Gasteiger partial charge < -0.3 is 5.32 Å². The molecule has 3 rings (SSSR count). The highest BCUT2D eigenvalue weighted by molar-refractivity contribution is 5.58. The third kappa shape index (κ3) is 5.41. The highest BCUT2D eigenvalue weighted by Crippen LogP contribution is 2.23. The van der Waals surface area contributed by atoms with Crippen molar-refractivity contribution in [3.05, 3.63) is 105 Å². The molecule has 3 aromatic carbocycles. The molecule has 0 saturated carbocycles. The summed E-state index contributed by atoms with van der Waals surface area (Å²) in [6.07, 6.45) is 0. The Kier molecular flexibility index (Phi) is 6.39. The van der Waals surface area contributed by atoms with Gasteiger partial charge >= 0.3 is 0 Å². The summed E-state index contributed by atoms with van der Waals surface area (Å²) in [5, 5.41) is 24.0. The lowest BCUT2D eigenvalue weighted by Crippen LogP contribution is -1.94. The van der Waals surface area contributed by atoms with Crippen molar-refractivity contribution >= 4 is 22.7 Å². The molecule has 1 N–H and O–H groups in total. The Hall–Kier alpha value is -3.74. The van der Waals surface area contributed by atoms with E-state index >= 15 is 0 Å². The number of nitrogens with one attached hydrogen (secondary N) is 1. The fourth-order valence-corrected chi connectivity index (χ4v) is 2.12. The fraction of sp³-hybridized carbons (Fsp3) is 0.0526. The Labute approximate surface area is 150 Å². The number of hydrogen-bond donors (Lipinski definition) is 1. The van der Waals surface area contributed by atoms with Crippen LogP contribution in [0.5, 0.6) is 0 Å². The number of anilines is 2. The lowest BCUT2D eigenvalue weighted by atomic mass is 10.2. The van der Waals surface area contributed by atoms with Crippen molar-refractivity contribution in [3.8, 4) is 0 Å². The van der Waals surface area contributed by atoms with Gasteiger partial charge in [-0.3, -0.25) is 20.2 Å². The van der Waals surface area contributed by atoms with Crippen LogP contribution in [-0.2, 0) is 0 Å². The first-order valence-electron chi connectivity index (χ1n) is 7.74. The maximum atomic E-state index is 10.4. The van der Waals surface area contributed by atoms with Gasteiger partial charge in [0.2, 0.25) is 0 Å². The molecule has 0 atom stereocenters. The van der Waals surface area contributed by atoms with Crippen LogP contribution in [0.15, 0.2) is 78.9 Å². The van der Waals surface area contributed by atoms with Crippen molar-refractivity contribution in [1.82, 2.24) is 0 Å². The molecule has 0 bridgehead atoms. The predicted molar refractivity (Wildman–Crippen MR) is 101 cm³/mol. The van der Waals surface area contributed by atoms with Gasteiger partial charge in [-0.15, -0.1) is 0 Å². The molecule has 0 unspecified atom stereocenters. The second-order valence-corrected chi connectivity index (χ2v) is 5.34. The smallest absolute Gasteiger partial charge is 0.279 e. The van der Waals surface area contributed by atoms with Crippen LogP contribution >= 0.6 is 0 Å². The summed E-state index contributed by atoms with van der Waals surface area (Å²) in [5.41, 5.74) is 2.16. The standard InChI is InChI=1S/C12H11N.C7H6N2O4/c1-3-7-11(8-4-1)13-12-9-5-2-6-10-12;1-5-2-3-6(8(10)11)4-7(5)9(12)13/h1-10,13H;2-4H,1H3. The number of nitro benzene ring substituents is 2. The van der Waals surface area contributed by atoms with Crippen molar-refractivity contribution in [2.45, 2.75) is 6.92 Å². The zero-order valence-electron chi connectivity index (χ0n) is 14.0. The Morgan fingerprint density at radius 1 is 0.731 bits per heavy atom. The minimum Gasteiger partial charge on any atom is -0.356 e. The molecule has 0 aliphatic heterocycles. The number of benzene rings is 3. The van der Waals surface area contributed by atoms with E-state index in [-0.39, 0.29) is 11.4 Å². The average Bonchev–Trinajstić information content (AvgIpc) is 2.64. The van der Waals surface area contributed by atoms with Crippen LogP contribution in [-0.4, -0.2) is 9.85 Å². The fourth-order valence-electron chi connectivity index (χ4n) is 2.12. The van der Waals surface area contributed by atoms with Gasteiger partial charge in [0, 0.05) is 23.0 Å². The summed E-state index contributed by atoms with van der Waals surface area (Å²) in [6, 6.07) is 23.8. The number of nitrogens with zero attached hydrogens (tertiary/aromatic N) is 2. The SMILES string of the molecule is Cc1ccc([N+](=O)[O-])cc1[N+](=O)[O-].c1ccc(Nc2ccccc2)cc1. The average molecular weight is 351 g/mol. The zero-order valence-corrected chi connectivity index (χ0v) is 14.0. The van der Waals surface area contributed by atoms with Gasteiger partial charge in [-0.25, -0.2) is 0 Å². The second-order valence-electron chi connectivity index (χ2n) is 5.34. The summed E-state index contributed by atoms with van der Waals surface area (Å²) >= 11 is 0. The van der Waals surface area contributed by atoms with Crippen LogP contribution in [0.1, 0.15) is 5.56 Å². The van der Waals surface area contributed by atoms with E-state index in [4.69, 9.17) is 0 Å². The lowest BCUT2D eigenvalue weighted by Gasteiger charge is -2.04. The quantitative estimate of drug-likeness (QED) is 0.512. The number of para-hydroxylation sites is 2. The Balaban J connectivity index is 0.000000187. The van der Waals surface area contributed by atoms with Crippen LogP contribution in [0, 0.1) is 27.2 Å². The molecule has 0 radical (unpaired) electrons.